The molecule has 0 saturated heterocycles. The normalized spacial score (nSPS) is 9.67. The van der Waals surface area contributed by atoms with E-state index in [9.17, 15) is 14.4 Å². The average Bonchev–Trinajstić information content (AvgIpc) is 2.52. The van der Waals surface area contributed by atoms with E-state index in [1.54, 1.807) is 24.3 Å². The van der Waals surface area contributed by atoms with Crippen molar-refractivity contribution < 1.29 is 9.59 Å². The fraction of sp³-hybridized carbons (Fsp3) is 0.0667. The fourth-order valence-corrected chi connectivity index (χ4v) is 1.71. The van der Waals surface area contributed by atoms with E-state index in [0.29, 0.717) is 11.8 Å². The second-order valence-electron chi connectivity index (χ2n) is 4.27. The van der Waals surface area contributed by atoms with Crippen molar-refractivity contribution in [3.05, 3.63) is 69.1 Å². The van der Waals surface area contributed by atoms with Crippen molar-refractivity contribution in [1.29, 1.82) is 5.26 Å². The van der Waals surface area contributed by atoms with Crippen LogP contribution in [0, 0.1) is 11.3 Å². The van der Waals surface area contributed by atoms with Gasteiger partial charge in [-0.25, -0.2) is 0 Å². The number of hydrogen-bond donors (Lipinski definition) is 2. The molecule has 2 N–H and O–H groups in total. The molecule has 6 heteroatoms. The van der Waals surface area contributed by atoms with Crippen LogP contribution in [0.25, 0.3) is 0 Å². The second-order valence-corrected chi connectivity index (χ2v) is 4.27. The highest BCUT2D eigenvalue weighted by molar-refractivity contribution is 5.94. The van der Waals surface area contributed by atoms with Crippen LogP contribution < -0.4 is 10.9 Å². The number of aldehydes is 1. The van der Waals surface area contributed by atoms with Crippen LogP contribution in [0.1, 0.15) is 32.0 Å². The molecule has 2 aromatic rings. The van der Waals surface area contributed by atoms with Crippen LogP contribution in [0.15, 0.2) is 41.2 Å². The number of rotatable bonds is 4. The van der Waals surface area contributed by atoms with Crippen LogP contribution in [0.3, 0.4) is 0 Å². The molecule has 104 valence electrons. The first-order chi connectivity index (χ1) is 10.1. The molecular formula is C15H11N3O3. The smallest absolute Gasteiger partial charge is 0.261 e. The zero-order chi connectivity index (χ0) is 15.2. The van der Waals surface area contributed by atoms with Gasteiger partial charge in [0.05, 0.1) is 17.3 Å². The Labute approximate surface area is 120 Å². The van der Waals surface area contributed by atoms with Crippen LogP contribution in [0.4, 0.5) is 0 Å². The molecule has 1 aromatic heterocycles. The van der Waals surface area contributed by atoms with E-state index in [2.05, 4.69) is 10.3 Å². The summed E-state index contributed by atoms with van der Waals surface area (Å²) in [5, 5.41) is 11.3. The number of benzene rings is 1. The summed E-state index contributed by atoms with van der Waals surface area (Å²) in [5.41, 5.74) is 0.782. The monoisotopic (exact) mass is 281 g/mol. The number of aromatic amines is 1. The molecule has 0 fully saturated rings. The van der Waals surface area contributed by atoms with Crippen LogP contribution in [-0.2, 0) is 6.54 Å². The molecule has 0 unspecified atom stereocenters. The Hall–Kier alpha value is -3.20. The van der Waals surface area contributed by atoms with Crippen LogP contribution in [0.5, 0.6) is 0 Å². The minimum atomic E-state index is -0.614. The molecule has 0 aliphatic heterocycles. The maximum absolute atomic E-state index is 11.9. The lowest BCUT2D eigenvalue weighted by atomic mass is 10.1. The highest BCUT2D eigenvalue weighted by Gasteiger charge is 2.10. The number of H-pyrrole nitrogens is 1. The molecular weight excluding hydrogens is 270 g/mol. The number of nitrogens with zero attached hydrogens (tertiary/aromatic N) is 1. The quantitative estimate of drug-likeness (QED) is 0.815. The molecule has 0 radical (unpaired) electrons. The van der Waals surface area contributed by atoms with Gasteiger partial charge in [-0.3, -0.25) is 14.4 Å². The number of hydrogen-bond acceptors (Lipinski definition) is 4. The molecule has 2 rings (SSSR count). The van der Waals surface area contributed by atoms with Crippen molar-refractivity contribution in [3.63, 3.8) is 0 Å². The first kappa shape index (κ1) is 14.2. The maximum Gasteiger partial charge on any atom is 0.261 e. The largest absolute Gasteiger partial charge is 0.348 e. The van der Waals surface area contributed by atoms with Crippen molar-refractivity contribution in [2.75, 3.05) is 0 Å². The summed E-state index contributed by atoms with van der Waals surface area (Å²) < 4.78 is 0. The summed E-state index contributed by atoms with van der Waals surface area (Å²) in [7, 11) is 0. The molecule has 0 atom stereocenters. The van der Waals surface area contributed by atoms with Crippen molar-refractivity contribution in [1.82, 2.24) is 10.3 Å². The Morgan fingerprint density at radius 1 is 1.24 bits per heavy atom. The molecule has 1 amide bonds. The highest BCUT2D eigenvalue weighted by atomic mass is 16.2. The Balaban J connectivity index is 2.06. The zero-order valence-corrected chi connectivity index (χ0v) is 10.9. The summed E-state index contributed by atoms with van der Waals surface area (Å²) in [4.78, 5) is 36.3. The minimum Gasteiger partial charge on any atom is -0.348 e. The van der Waals surface area contributed by atoms with Crippen molar-refractivity contribution in [3.8, 4) is 6.07 Å². The highest BCUT2D eigenvalue weighted by Crippen LogP contribution is 2.03. The van der Waals surface area contributed by atoms with Crippen molar-refractivity contribution in [2.24, 2.45) is 0 Å². The summed E-state index contributed by atoms with van der Waals surface area (Å²) in [6, 6.07) is 11.4. The van der Waals surface area contributed by atoms with E-state index in [0.717, 1.165) is 5.56 Å². The van der Waals surface area contributed by atoms with Crippen LogP contribution in [-0.4, -0.2) is 17.2 Å². The van der Waals surface area contributed by atoms with Crippen molar-refractivity contribution in [2.45, 2.75) is 6.54 Å². The Morgan fingerprint density at radius 3 is 2.52 bits per heavy atom. The van der Waals surface area contributed by atoms with Crippen LogP contribution >= 0.6 is 0 Å². The Bertz CT molecular complexity index is 770. The third-order valence-corrected chi connectivity index (χ3v) is 2.84. The van der Waals surface area contributed by atoms with E-state index in [1.807, 2.05) is 6.07 Å². The molecule has 1 aromatic carbocycles. The number of amides is 1. The van der Waals surface area contributed by atoms with Gasteiger partial charge in [0.2, 0.25) is 0 Å². The number of pyridine rings is 1. The minimum absolute atomic E-state index is 0.0609. The first-order valence-electron chi connectivity index (χ1n) is 6.10. The summed E-state index contributed by atoms with van der Waals surface area (Å²) in [6.07, 6.45) is 0.500. The molecule has 0 aliphatic carbocycles. The van der Waals surface area contributed by atoms with E-state index >= 15 is 0 Å². The third-order valence-electron chi connectivity index (χ3n) is 2.84. The molecule has 0 spiro atoms. The van der Waals surface area contributed by atoms with Gasteiger partial charge in [0, 0.05) is 6.54 Å². The average molecular weight is 281 g/mol. The summed E-state index contributed by atoms with van der Waals surface area (Å²) in [6.45, 7) is 0.236. The topological polar surface area (TPSA) is 103 Å². The van der Waals surface area contributed by atoms with E-state index in [4.69, 9.17) is 5.26 Å². The molecule has 1 heterocycles. The molecule has 6 nitrogen and oxygen atoms in total. The van der Waals surface area contributed by atoms with Crippen LogP contribution in [0.2, 0.25) is 0 Å². The van der Waals surface area contributed by atoms with Gasteiger partial charge in [0.25, 0.3) is 11.5 Å². The van der Waals surface area contributed by atoms with Gasteiger partial charge in [-0.05, 0) is 29.8 Å². The number of nitriles is 1. The third kappa shape index (κ3) is 3.42. The van der Waals surface area contributed by atoms with Gasteiger partial charge >= 0.3 is 0 Å². The van der Waals surface area contributed by atoms with Crippen molar-refractivity contribution >= 4 is 12.2 Å². The number of nitrogens with one attached hydrogen (secondary N) is 2. The van der Waals surface area contributed by atoms with Gasteiger partial charge in [0.15, 0.2) is 6.29 Å². The number of carbonyl (C=O) groups is 2. The van der Waals surface area contributed by atoms with Gasteiger partial charge in [-0.15, -0.1) is 0 Å². The van der Waals surface area contributed by atoms with Gasteiger partial charge in [-0.2, -0.15) is 5.26 Å². The standard InChI is InChI=1S/C15H11N3O3/c16-7-10-1-3-11(4-2-10)8-17-14(20)13-6-5-12(9-19)18-15(13)21/h1-6,9H,8H2,(H,17,20)(H,18,21). The van der Waals surface area contributed by atoms with E-state index in [1.165, 1.54) is 12.1 Å². The first-order valence-corrected chi connectivity index (χ1v) is 6.10. The Morgan fingerprint density at radius 2 is 1.95 bits per heavy atom. The predicted molar refractivity (Wildman–Crippen MR) is 74.8 cm³/mol. The van der Waals surface area contributed by atoms with Gasteiger partial charge in [0.1, 0.15) is 5.56 Å². The maximum atomic E-state index is 11.9. The fourth-order valence-electron chi connectivity index (χ4n) is 1.71. The molecule has 0 bridgehead atoms. The molecule has 21 heavy (non-hydrogen) atoms. The lowest BCUT2D eigenvalue weighted by Gasteiger charge is -2.05. The lowest BCUT2D eigenvalue weighted by molar-refractivity contribution is 0.0948. The predicted octanol–water partition coefficient (Wildman–Crippen LogP) is 0.989. The van der Waals surface area contributed by atoms with Gasteiger partial charge in [-0.1, -0.05) is 12.1 Å². The Kier molecular flexibility index (Phi) is 4.26. The molecule has 0 saturated carbocycles. The van der Waals surface area contributed by atoms with E-state index in [-0.39, 0.29) is 17.8 Å². The molecule has 0 aliphatic rings. The lowest BCUT2D eigenvalue weighted by Crippen LogP contribution is -2.29. The summed E-state index contributed by atoms with van der Waals surface area (Å²) >= 11 is 0. The summed E-state index contributed by atoms with van der Waals surface area (Å²) in [5.74, 6) is -0.530. The van der Waals surface area contributed by atoms with E-state index < -0.39 is 11.5 Å². The second kappa shape index (κ2) is 6.30. The van der Waals surface area contributed by atoms with Gasteiger partial charge < -0.3 is 10.3 Å². The number of aromatic nitrogens is 1. The SMILES string of the molecule is N#Cc1ccc(CNC(=O)c2ccc(C=O)[nH]c2=O)cc1. The zero-order valence-electron chi connectivity index (χ0n) is 10.9. The number of carbonyl (C=O) groups excluding carboxylic acids is 2.